The van der Waals surface area contributed by atoms with Crippen LogP contribution < -0.4 is 5.32 Å². The first-order valence-corrected chi connectivity index (χ1v) is 9.72. The summed E-state index contributed by atoms with van der Waals surface area (Å²) in [6.45, 7) is 0.369. The highest BCUT2D eigenvalue weighted by Crippen LogP contribution is 2.20. The van der Waals surface area contributed by atoms with Crippen molar-refractivity contribution >= 4 is 23.3 Å². The van der Waals surface area contributed by atoms with Crippen LogP contribution in [0, 0.1) is 5.82 Å². The first-order valence-electron chi connectivity index (χ1n) is 8.73. The quantitative estimate of drug-likeness (QED) is 0.505. The maximum atomic E-state index is 12.9. The molecule has 4 rings (SSSR count). The molecule has 2 aromatic carbocycles. The molecular weight excluding hydrogens is 375 g/mol. The van der Waals surface area contributed by atoms with Crippen LogP contribution in [0.1, 0.15) is 5.56 Å². The summed E-state index contributed by atoms with van der Waals surface area (Å²) < 4.78 is 14.6. The molecule has 0 saturated carbocycles. The Balaban J connectivity index is 1.36. The van der Waals surface area contributed by atoms with Crippen LogP contribution in [0.4, 0.5) is 4.39 Å². The van der Waals surface area contributed by atoms with Gasteiger partial charge in [-0.2, -0.15) is 5.10 Å². The zero-order valence-corrected chi connectivity index (χ0v) is 15.7. The van der Waals surface area contributed by atoms with Gasteiger partial charge in [0.15, 0.2) is 5.65 Å². The highest BCUT2D eigenvalue weighted by Gasteiger charge is 2.08. The molecule has 0 saturated heterocycles. The van der Waals surface area contributed by atoms with E-state index in [1.807, 2.05) is 48.7 Å². The minimum absolute atomic E-state index is 0.105. The number of imidazole rings is 1. The zero-order valence-electron chi connectivity index (χ0n) is 14.9. The Labute approximate surface area is 165 Å². The number of nitrogens with zero attached hydrogens (tertiary/aromatic N) is 3. The van der Waals surface area contributed by atoms with Crippen molar-refractivity contribution in [1.29, 1.82) is 0 Å². The molecule has 5 nitrogen and oxygen atoms in total. The molecule has 0 unspecified atom stereocenters. The van der Waals surface area contributed by atoms with Crippen LogP contribution in [-0.4, -0.2) is 26.3 Å². The maximum absolute atomic E-state index is 12.9. The number of rotatable bonds is 6. The van der Waals surface area contributed by atoms with Gasteiger partial charge in [0.2, 0.25) is 5.91 Å². The van der Waals surface area contributed by atoms with Crippen molar-refractivity contribution in [2.24, 2.45) is 0 Å². The van der Waals surface area contributed by atoms with Gasteiger partial charge in [-0.1, -0.05) is 54.2 Å². The predicted octanol–water partition coefficient (Wildman–Crippen LogP) is 3.94. The molecular formula is C21H17FN4OS. The minimum Gasteiger partial charge on any atom is -0.351 e. The predicted molar refractivity (Wildman–Crippen MR) is 107 cm³/mol. The highest BCUT2D eigenvalue weighted by molar-refractivity contribution is 7.99. The number of halogens is 1. The number of amides is 1. The summed E-state index contributed by atoms with van der Waals surface area (Å²) in [6, 6.07) is 19.7. The van der Waals surface area contributed by atoms with Crippen LogP contribution in [0.2, 0.25) is 0 Å². The fourth-order valence-electron chi connectivity index (χ4n) is 2.68. The SMILES string of the molecule is O=C(CSc1ccc2nc(-c3ccccc3)cn2n1)NCc1ccc(F)cc1. The van der Waals surface area contributed by atoms with Crippen LogP contribution in [0.25, 0.3) is 16.9 Å². The molecule has 0 aliphatic heterocycles. The standard InChI is InChI=1S/C21H17FN4OS/c22-17-8-6-15(7-9-17)12-23-20(27)14-28-21-11-10-19-24-18(13-26(19)25-21)16-4-2-1-3-5-16/h1-11,13H,12,14H2,(H,23,27). The number of carbonyl (C=O) groups excluding carboxylic acids is 1. The van der Waals surface area contributed by atoms with E-state index >= 15 is 0 Å². The van der Waals surface area contributed by atoms with Gasteiger partial charge >= 0.3 is 0 Å². The monoisotopic (exact) mass is 392 g/mol. The first-order chi connectivity index (χ1) is 13.7. The third kappa shape index (κ3) is 4.37. The summed E-state index contributed by atoms with van der Waals surface area (Å²) in [5, 5.41) is 8.08. The number of hydrogen-bond donors (Lipinski definition) is 1. The number of hydrogen-bond acceptors (Lipinski definition) is 4. The molecule has 0 aliphatic rings. The lowest BCUT2D eigenvalue weighted by Gasteiger charge is -2.05. The first kappa shape index (κ1) is 18.2. The maximum Gasteiger partial charge on any atom is 0.230 e. The number of thioether (sulfide) groups is 1. The molecule has 7 heteroatoms. The van der Waals surface area contributed by atoms with Gasteiger partial charge in [-0.25, -0.2) is 13.9 Å². The summed E-state index contributed by atoms with van der Waals surface area (Å²) in [7, 11) is 0. The van der Waals surface area contributed by atoms with Crippen LogP contribution in [0.5, 0.6) is 0 Å². The zero-order chi connectivity index (χ0) is 19.3. The topological polar surface area (TPSA) is 59.3 Å². The summed E-state index contributed by atoms with van der Waals surface area (Å²) in [6.07, 6.45) is 1.88. The van der Waals surface area contributed by atoms with Gasteiger partial charge in [0, 0.05) is 12.1 Å². The van der Waals surface area contributed by atoms with Crippen molar-refractivity contribution in [3.05, 3.63) is 84.3 Å². The van der Waals surface area contributed by atoms with E-state index in [1.165, 1.54) is 23.9 Å². The lowest BCUT2D eigenvalue weighted by Crippen LogP contribution is -2.24. The molecule has 28 heavy (non-hydrogen) atoms. The van der Waals surface area contributed by atoms with Crippen molar-refractivity contribution in [3.63, 3.8) is 0 Å². The second-order valence-corrected chi connectivity index (χ2v) is 7.15. The molecule has 0 radical (unpaired) electrons. The normalized spacial score (nSPS) is 10.9. The Morgan fingerprint density at radius 1 is 1.04 bits per heavy atom. The van der Waals surface area contributed by atoms with Crippen LogP contribution in [-0.2, 0) is 11.3 Å². The van der Waals surface area contributed by atoms with E-state index < -0.39 is 0 Å². The van der Waals surface area contributed by atoms with Crippen LogP contribution in [0.15, 0.2) is 78.0 Å². The Morgan fingerprint density at radius 2 is 1.82 bits per heavy atom. The summed E-state index contributed by atoms with van der Waals surface area (Å²) in [4.78, 5) is 16.6. The van der Waals surface area contributed by atoms with Gasteiger partial charge < -0.3 is 5.32 Å². The Morgan fingerprint density at radius 3 is 2.61 bits per heavy atom. The second kappa shape index (κ2) is 8.22. The van der Waals surface area contributed by atoms with E-state index in [2.05, 4.69) is 15.4 Å². The fourth-order valence-corrected chi connectivity index (χ4v) is 3.37. The molecule has 2 heterocycles. The Kier molecular flexibility index (Phi) is 5.34. The molecule has 0 atom stereocenters. The average Bonchev–Trinajstić information content (AvgIpc) is 3.16. The smallest absolute Gasteiger partial charge is 0.230 e. The van der Waals surface area contributed by atoms with Gasteiger partial charge in [0.05, 0.1) is 17.6 Å². The highest BCUT2D eigenvalue weighted by atomic mass is 32.2. The van der Waals surface area contributed by atoms with Gasteiger partial charge in [0.25, 0.3) is 0 Å². The number of nitrogens with one attached hydrogen (secondary N) is 1. The summed E-state index contributed by atoms with van der Waals surface area (Å²) in [5.74, 6) is -0.145. The van der Waals surface area contributed by atoms with E-state index in [9.17, 15) is 9.18 Å². The number of carbonyl (C=O) groups is 1. The third-order valence-electron chi connectivity index (χ3n) is 4.12. The molecule has 1 amide bonds. The van der Waals surface area contributed by atoms with E-state index in [4.69, 9.17) is 0 Å². The largest absolute Gasteiger partial charge is 0.351 e. The number of benzene rings is 2. The second-order valence-electron chi connectivity index (χ2n) is 6.16. The van der Waals surface area contributed by atoms with Gasteiger partial charge in [0.1, 0.15) is 10.8 Å². The molecule has 1 N–H and O–H groups in total. The van der Waals surface area contributed by atoms with Gasteiger partial charge in [-0.05, 0) is 29.8 Å². The van der Waals surface area contributed by atoms with E-state index in [0.29, 0.717) is 6.54 Å². The van der Waals surface area contributed by atoms with E-state index in [0.717, 1.165) is 27.5 Å². The fraction of sp³-hybridized carbons (Fsp3) is 0.0952. The van der Waals surface area contributed by atoms with E-state index in [1.54, 1.807) is 16.6 Å². The molecule has 4 aromatic rings. The van der Waals surface area contributed by atoms with Gasteiger partial charge in [-0.3, -0.25) is 4.79 Å². The van der Waals surface area contributed by atoms with Crippen molar-refractivity contribution < 1.29 is 9.18 Å². The Hall–Kier alpha value is -3.19. The minimum atomic E-state index is -0.290. The third-order valence-corrected chi connectivity index (χ3v) is 5.04. The molecule has 0 bridgehead atoms. The average molecular weight is 392 g/mol. The summed E-state index contributed by atoms with van der Waals surface area (Å²) in [5.41, 5.74) is 3.49. The van der Waals surface area contributed by atoms with Crippen molar-refractivity contribution in [3.8, 4) is 11.3 Å². The van der Waals surface area contributed by atoms with Crippen LogP contribution >= 0.6 is 11.8 Å². The van der Waals surface area contributed by atoms with E-state index in [-0.39, 0.29) is 17.5 Å². The van der Waals surface area contributed by atoms with Crippen molar-refractivity contribution in [1.82, 2.24) is 19.9 Å². The molecule has 140 valence electrons. The van der Waals surface area contributed by atoms with Crippen molar-refractivity contribution in [2.45, 2.75) is 11.6 Å². The lowest BCUT2D eigenvalue weighted by molar-refractivity contribution is -0.118. The number of aromatic nitrogens is 3. The molecule has 0 spiro atoms. The van der Waals surface area contributed by atoms with Crippen molar-refractivity contribution in [2.75, 3.05) is 5.75 Å². The lowest BCUT2D eigenvalue weighted by atomic mass is 10.2. The van der Waals surface area contributed by atoms with Gasteiger partial charge in [-0.15, -0.1) is 0 Å². The molecule has 2 aromatic heterocycles. The molecule has 0 aliphatic carbocycles. The summed E-state index contributed by atoms with van der Waals surface area (Å²) >= 11 is 1.35. The number of fused-ring (bicyclic) bond motifs is 1. The molecule has 0 fully saturated rings. The van der Waals surface area contributed by atoms with Crippen LogP contribution in [0.3, 0.4) is 0 Å². The Bertz CT molecular complexity index is 1100.